The van der Waals surface area contributed by atoms with Crippen LogP contribution in [-0.2, 0) is 0 Å². The Morgan fingerprint density at radius 3 is 2.50 bits per heavy atom. The third-order valence-electron chi connectivity index (χ3n) is 5.84. The van der Waals surface area contributed by atoms with Gasteiger partial charge in [-0.05, 0) is 42.9 Å². The molecule has 0 bridgehead atoms. The molecule has 4 aromatic rings. The van der Waals surface area contributed by atoms with E-state index < -0.39 is 0 Å². The van der Waals surface area contributed by atoms with E-state index in [1.165, 1.54) is 33.4 Å². The first-order chi connectivity index (χ1) is 14.5. The third-order valence-corrected chi connectivity index (χ3v) is 6.92. The maximum atomic E-state index is 11.2. The molecule has 0 amide bonds. The number of fused-ring (bicyclic) bond motifs is 1. The van der Waals surface area contributed by atoms with Crippen LogP contribution in [0.2, 0.25) is 0 Å². The zero-order valence-electron chi connectivity index (χ0n) is 17.4. The minimum atomic E-state index is -0.0173. The van der Waals surface area contributed by atoms with Crippen molar-refractivity contribution in [3.63, 3.8) is 0 Å². The number of likely N-dealkylation sites (tertiary alicyclic amines) is 1. The van der Waals surface area contributed by atoms with Gasteiger partial charge in [-0.15, -0.1) is 5.10 Å². The zero-order chi connectivity index (χ0) is 20.8. The number of rotatable bonds is 4. The van der Waals surface area contributed by atoms with Gasteiger partial charge in [-0.3, -0.25) is 4.90 Å². The molecule has 3 aromatic heterocycles. The molecule has 0 spiro atoms. The summed E-state index contributed by atoms with van der Waals surface area (Å²) >= 11 is 1.50. The van der Waals surface area contributed by atoms with Crippen LogP contribution in [0.3, 0.4) is 0 Å². The molecule has 0 unspecified atom stereocenters. The second-order valence-electron chi connectivity index (χ2n) is 8.61. The summed E-state index contributed by atoms with van der Waals surface area (Å²) in [6.07, 6.45) is 2.84. The van der Waals surface area contributed by atoms with E-state index in [2.05, 4.69) is 60.0 Å². The van der Waals surface area contributed by atoms with Crippen molar-refractivity contribution >= 4 is 16.3 Å². The maximum absolute atomic E-state index is 11.2. The number of hydrogen-bond donors (Lipinski definition) is 1. The Hall–Kier alpha value is -2.64. The lowest BCUT2D eigenvalue weighted by atomic mass is 9.89. The van der Waals surface area contributed by atoms with Crippen LogP contribution in [0.4, 0.5) is 0 Å². The van der Waals surface area contributed by atoms with Gasteiger partial charge in [0.1, 0.15) is 0 Å². The number of hydrogen-bond acceptors (Lipinski definition) is 6. The topological polar surface area (TPSA) is 66.8 Å². The average Bonchev–Trinajstić information content (AvgIpc) is 3.42. The van der Waals surface area contributed by atoms with Crippen LogP contribution < -0.4 is 0 Å². The molecule has 1 fully saturated rings. The average molecular weight is 423 g/mol. The summed E-state index contributed by atoms with van der Waals surface area (Å²) in [5.41, 5.74) is 2.42. The summed E-state index contributed by atoms with van der Waals surface area (Å²) in [6, 6.07) is 12.2. The van der Waals surface area contributed by atoms with Crippen LogP contribution in [0.1, 0.15) is 42.3 Å². The summed E-state index contributed by atoms with van der Waals surface area (Å²) in [6.45, 7) is 8.74. The molecule has 6 nitrogen and oxygen atoms in total. The molecule has 1 N–H and O–H groups in total. The molecule has 0 aliphatic carbocycles. The highest BCUT2D eigenvalue weighted by molar-refractivity contribution is 7.17. The van der Waals surface area contributed by atoms with E-state index >= 15 is 0 Å². The molecule has 4 heterocycles. The van der Waals surface area contributed by atoms with Gasteiger partial charge >= 0.3 is 0 Å². The highest BCUT2D eigenvalue weighted by Crippen LogP contribution is 2.42. The maximum Gasteiger partial charge on any atom is 0.230 e. The summed E-state index contributed by atoms with van der Waals surface area (Å²) in [4.78, 5) is 8.66. The minimum absolute atomic E-state index is 0.0173. The Morgan fingerprint density at radius 2 is 1.87 bits per heavy atom. The van der Waals surface area contributed by atoms with Crippen molar-refractivity contribution in [2.75, 3.05) is 13.1 Å². The van der Waals surface area contributed by atoms with Gasteiger partial charge < -0.3 is 9.52 Å². The van der Waals surface area contributed by atoms with Gasteiger partial charge in [-0.2, -0.15) is 9.50 Å². The molecule has 156 valence electrons. The second kappa shape index (κ2) is 7.56. The lowest BCUT2D eigenvalue weighted by molar-refractivity contribution is 0.112. The molecule has 1 aliphatic heterocycles. The monoisotopic (exact) mass is 422 g/mol. The van der Waals surface area contributed by atoms with E-state index in [0.29, 0.717) is 28.4 Å². The number of thiazole rings is 1. The summed E-state index contributed by atoms with van der Waals surface area (Å²) in [7, 11) is 0. The van der Waals surface area contributed by atoms with E-state index in [1.54, 1.807) is 6.26 Å². The highest BCUT2D eigenvalue weighted by atomic mass is 32.1. The normalized spacial score (nSPS) is 21.3. The van der Waals surface area contributed by atoms with Gasteiger partial charge in [0.15, 0.2) is 5.76 Å². The molecule has 7 heteroatoms. The van der Waals surface area contributed by atoms with E-state index in [0.717, 1.165) is 18.0 Å². The molecule has 3 atom stereocenters. The van der Waals surface area contributed by atoms with Gasteiger partial charge in [-0.1, -0.05) is 55.0 Å². The molecule has 0 saturated carbocycles. The summed E-state index contributed by atoms with van der Waals surface area (Å²) in [5.74, 6) is 2.49. The predicted molar refractivity (Wildman–Crippen MR) is 118 cm³/mol. The van der Waals surface area contributed by atoms with Crippen LogP contribution >= 0.6 is 11.3 Å². The lowest BCUT2D eigenvalue weighted by Gasteiger charge is -2.40. The van der Waals surface area contributed by atoms with E-state index in [9.17, 15) is 5.11 Å². The van der Waals surface area contributed by atoms with E-state index in [4.69, 9.17) is 4.42 Å². The van der Waals surface area contributed by atoms with Gasteiger partial charge in [-0.25, -0.2) is 0 Å². The third kappa shape index (κ3) is 3.42. The molecule has 5 rings (SSSR count). The van der Waals surface area contributed by atoms with Gasteiger partial charge in [0, 0.05) is 13.1 Å². The Balaban J connectivity index is 1.60. The van der Waals surface area contributed by atoms with Crippen molar-refractivity contribution in [1.82, 2.24) is 19.5 Å². The fourth-order valence-electron chi connectivity index (χ4n) is 4.64. The zero-order valence-corrected chi connectivity index (χ0v) is 18.3. The van der Waals surface area contributed by atoms with Crippen LogP contribution in [0.5, 0.6) is 5.88 Å². The Kier molecular flexibility index (Phi) is 4.87. The predicted octanol–water partition coefficient (Wildman–Crippen LogP) is 5.13. The molecule has 1 saturated heterocycles. The minimum Gasteiger partial charge on any atom is -0.492 e. The largest absolute Gasteiger partial charge is 0.492 e. The molecule has 1 aromatic carbocycles. The SMILES string of the molecule is Cc1ccc([C@H](c2sc3nc(-c4ccco4)nn3c2O)N2C[C@H](C)C[C@H](C)C2)cc1. The highest BCUT2D eigenvalue weighted by Gasteiger charge is 2.33. The van der Waals surface area contributed by atoms with Crippen molar-refractivity contribution < 1.29 is 9.52 Å². The lowest BCUT2D eigenvalue weighted by Crippen LogP contribution is -2.41. The van der Waals surface area contributed by atoms with Gasteiger partial charge in [0.05, 0.1) is 17.2 Å². The van der Waals surface area contributed by atoms with Crippen LogP contribution in [-0.4, -0.2) is 37.7 Å². The number of aromatic hydroxyl groups is 1. The molecule has 0 radical (unpaired) electrons. The number of aromatic nitrogens is 3. The van der Waals surface area contributed by atoms with Gasteiger partial charge in [0.25, 0.3) is 0 Å². The molecule has 1 aliphatic rings. The number of furan rings is 1. The first-order valence-corrected chi connectivity index (χ1v) is 11.2. The number of nitrogens with zero attached hydrogens (tertiary/aromatic N) is 4. The van der Waals surface area contributed by atoms with Crippen molar-refractivity contribution in [3.8, 4) is 17.5 Å². The van der Waals surface area contributed by atoms with Crippen molar-refractivity contribution in [2.45, 2.75) is 33.2 Å². The Bertz CT molecular complexity index is 1140. The van der Waals surface area contributed by atoms with Crippen molar-refractivity contribution in [1.29, 1.82) is 0 Å². The van der Waals surface area contributed by atoms with Crippen molar-refractivity contribution in [3.05, 3.63) is 58.7 Å². The molecular formula is C23H26N4O2S. The molecular weight excluding hydrogens is 396 g/mol. The summed E-state index contributed by atoms with van der Waals surface area (Å²) < 4.78 is 6.95. The standard InChI is InChI=1S/C23H26N4O2S/c1-14-6-8-17(9-7-14)19(26-12-15(2)11-16(3)13-26)20-22(28)27-23(30-20)24-21(25-27)18-5-4-10-29-18/h4-10,15-16,19,28H,11-13H2,1-3H3/t15-,16+,19-/m1/s1. The fraction of sp³-hybridized carbons (Fsp3) is 0.391. The first kappa shape index (κ1) is 19.3. The van der Waals surface area contributed by atoms with Crippen molar-refractivity contribution in [2.24, 2.45) is 11.8 Å². The number of aryl methyl sites for hydroxylation is 1. The first-order valence-electron chi connectivity index (χ1n) is 10.4. The Morgan fingerprint density at radius 1 is 1.13 bits per heavy atom. The van der Waals surface area contributed by atoms with Crippen LogP contribution in [0.25, 0.3) is 16.5 Å². The number of piperidine rings is 1. The van der Waals surface area contributed by atoms with Gasteiger partial charge in [0.2, 0.25) is 16.7 Å². The summed E-state index contributed by atoms with van der Waals surface area (Å²) in [5, 5.41) is 15.7. The van der Waals surface area contributed by atoms with Crippen LogP contribution in [0, 0.1) is 18.8 Å². The van der Waals surface area contributed by atoms with E-state index in [-0.39, 0.29) is 11.9 Å². The van der Waals surface area contributed by atoms with Crippen LogP contribution in [0.15, 0.2) is 47.1 Å². The van der Waals surface area contributed by atoms with E-state index in [1.807, 2.05) is 12.1 Å². The second-order valence-corrected chi connectivity index (χ2v) is 9.62. The smallest absolute Gasteiger partial charge is 0.230 e. The number of benzene rings is 1. The Labute approximate surface area is 179 Å². The quantitative estimate of drug-likeness (QED) is 0.494. The fourth-order valence-corrected chi connectivity index (χ4v) is 5.75. The molecule has 30 heavy (non-hydrogen) atoms.